The molecule has 2 amide bonds. The van der Waals surface area contributed by atoms with Crippen molar-refractivity contribution in [3.63, 3.8) is 0 Å². The number of nitrogens with one attached hydrogen (secondary N) is 2. The maximum absolute atomic E-state index is 11.9. The summed E-state index contributed by atoms with van der Waals surface area (Å²) in [5.41, 5.74) is 1.29. The van der Waals surface area contributed by atoms with Crippen LogP contribution in [-0.4, -0.2) is 59.2 Å². The van der Waals surface area contributed by atoms with Gasteiger partial charge in [-0.2, -0.15) is 0 Å². The van der Waals surface area contributed by atoms with E-state index in [1.165, 1.54) is 48.5 Å². The molecule has 0 bridgehead atoms. The summed E-state index contributed by atoms with van der Waals surface area (Å²) in [6, 6.07) is 11.6. The van der Waals surface area contributed by atoms with Crippen molar-refractivity contribution < 1.29 is 29.7 Å². The fourth-order valence-corrected chi connectivity index (χ4v) is 2.17. The highest BCUT2D eigenvalue weighted by Crippen LogP contribution is 1.98. The summed E-state index contributed by atoms with van der Waals surface area (Å²) in [5, 5.41) is 41.3. The molecule has 2 aromatic carbocycles. The van der Waals surface area contributed by atoms with Gasteiger partial charge in [-0.25, -0.2) is 0 Å². The van der Waals surface area contributed by atoms with Gasteiger partial charge in [-0.05, 0) is 35.2 Å². The van der Waals surface area contributed by atoms with Crippen molar-refractivity contribution in [2.24, 2.45) is 0 Å². The third-order valence-electron chi connectivity index (χ3n) is 3.64. The summed E-state index contributed by atoms with van der Waals surface area (Å²) < 4.78 is 0. The summed E-state index contributed by atoms with van der Waals surface area (Å²) in [7, 11) is -3.17. The van der Waals surface area contributed by atoms with E-state index in [0.717, 1.165) is 0 Å². The van der Waals surface area contributed by atoms with Crippen LogP contribution < -0.4 is 21.6 Å². The van der Waals surface area contributed by atoms with Gasteiger partial charge in [0.05, 0.1) is 0 Å². The lowest BCUT2D eigenvalue weighted by molar-refractivity contribution is 0.0927. The van der Waals surface area contributed by atoms with E-state index in [1.54, 1.807) is 0 Å². The van der Waals surface area contributed by atoms with Gasteiger partial charge in [0.1, 0.15) is 0 Å². The van der Waals surface area contributed by atoms with Gasteiger partial charge in [0, 0.05) is 24.2 Å². The summed E-state index contributed by atoms with van der Waals surface area (Å²) in [6.07, 6.45) is 0. The summed E-state index contributed by atoms with van der Waals surface area (Å²) >= 11 is 0. The highest BCUT2D eigenvalue weighted by Gasteiger charge is 2.13. The zero-order valence-corrected chi connectivity index (χ0v) is 13.8. The van der Waals surface area contributed by atoms with Crippen LogP contribution in [0.15, 0.2) is 48.5 Å². The quantitative estimate of drug-likeness (QED) is 0.234. The first-order valence-electron chi connectivity index (χ1n) is 7.87. The number of hydrogen-bond acceptors (Lipinski definition) is 6. The molecule has 0 saturated carbocycles. The predicted octanol–water partition coefficient (Wildman–Crippen LogP) is -2.79. The molecule has 0 heterocycles. The molecular formula is C16H18B2N2O6. The van der Waals surface area contributed by atoms with Crippen LogP contribution in [0, 0.1) is 0 Å². The predicted molar refractivity (Wildman–Crippen MR) is 97.2 cm³/mol. The van der Waals surface area contributed by atoms with Crippen molar-refractivity contribution in [2.45, 2.75) is 0 Å². The fraction of sp³-hybridized carbons (Fsp3) is 0.125. The smallest absolute Gasteiger partial charge is 0.423 e. The van der Waals surface area contributed by atoms with Crippen LogP contribution >= 0.6 is 0 Å². The van der Waals surface area contributed by atoms with Crippen molar-refractivity contribution in [3.05, 3.63) is 59.7 Å². The molecule has 8 nitrogen and oxygen atoms in total. The van der Waals surface area contributed by atoms with Gasteiger partial charge in [0.2, 0.25) is 0 Å². The Morgan fingerprint density at radius 2 is 0.962 bits per heavy atom. The second-order valence-corrected chi connectivity index (χ2v) is 5.50. The van der Waals surface area contributed by atoms with E-state index < -0.39 is 14.2 Å². The maximum Gasteiger partial charge on any atom is 0.488 e. The number of rotatable bonds is 7. The third-order valence-corrected chi connectivity index (χ3v) is 3.64. The Morgan fingerprint density at radius 3 is 1.23 bits per heavy atom. The Kier molecular flexibility index (Phi) is 6.93. The molecule has 2 rings (SSSR count). The largest absolute Gasteiger partial charge is 0.488 e. The fourth-order valence-electron chi connectivity index (χ4n) is 2.17. The number of amides is 2. The molecule has 0 saturated heterocycles. The topological polar surface area (TPSA) is 139 Å². The lowest BCUT2D eigenvalue weighted by Crippen LogP contribution is -2.35. The van der Waals surface area contributed by atoms with Crippen LogP contribution in [0.25, 0.3) is 0 Å². The van der Waals surface area contributed by atoms with Gasteiger partial charge in [0.25, 0.3) is 11.8 Å². The second kappa shape index (κ2) is 9.16. The normalized spacial score (nSPS) is 10.2. The Hall–Kier alpha value is -2.65. The van der Waals surface area contributed by atoms with Gasteiger partial charge in [-0.1, -0.05) is 24.3 Å². The maximum atomic E-state index is 11.9. The first-order valence-corrected chi connectivity index (χ1v) is 7.87. The first-order chi connectivity index (χ1) is 12.4. The van der Waals surface area contributed by atoms with E-state index >= 15 is 0 Å². The van der Waals surface area contributed by atoms with Crippen molar-refractivity contribution in [3.8, 4) is 0 Å². The van der Waals surface area contributed by atoms with Crippen LogP contribution in [0.3, 0.4) is 0 Å². The third kappa shape index (κ3) is 5.43. The van der Waals surface area contributed by atoms with E-state index in [1.807, 2.05) is 0 Å². The molecule has 0 radical (unpaired) electrons. The minimum absolute atomic E-state index is 0.211. The van der Waals surface area contributed by atoms with E-state index in [-0.39, 0.29) is 35.8 Å². The van der Waals surface area contributed by atoms with Crippen LogP contribution in [-0.2, 0) is 0 Å². The Morgan fingerprint density at radius 1 is 0.654 bits per heavy atom. The minimum atomic E-state index is -1.59. The Balaban J connectivity index is 1.77. The standard InChI is InChI=1S/C16H18B2N2O6/c21-15(11-1-5-13(6-2-11)17(23)24)19-9-10-20-16(22)12-3-7-14(8-4-12)18(25)26/h1-8,23-26H,9-10H2,(H,19,21)(H,20,22). The number of benzene rings is 2. The molecule has 0 aliphatic heterocycles. The average Bonchev–Trinajstić information content (AvgIpc) is 2.65. The molecule has 0 atom stereocenters. The van der Waals surface area contributed by atoms with Crippen molar-refractivity contribution in [2.75, 3.05) is 13.1 Å². The average molecular weight is 356 g/mol. The molecule has 0 aromatic heterocycles. The van der Waals surface area contributed by atoms with Crippen molar-refractivity contribution >= 4 is 37.0 Å². The van der Waals surface area contributed by atoms with E-state index in [0.29, 0.717) is 11.1 Å². The molecule has 0 aliphatic carbocycles. The first kappa shape index (κ1) is 19.7. The number of hydrogen-bond donors (Lipinski definition) is 6. The van der Waals surface area contributed by atoms with Crippen LogP contribution in [0.2, 0.25) is 0 Å². The lowest BCUT2D eigenvalue weighted by Gasteiger charge is -2.08. The van der Waals surface area contributed by atoms with Gasteiger partial charge in [0.15, 0.2) is 0 Å². The van der Waals surface area contributed by atoms with Crippen LogP contribution in [0.1, 0.15) is 20.7 Å². The lowest BCUT2D eigenvalue weighted by atomic mass is 9.80. The van der Waals surface area contributed by atoms with Crippen molar-refractivity contribution in [1.82, 2.24) is 10.6 Å². The highest BCUT2D eigenvalue weighted by molar-refractivity contribution is 6.58. The van der Waals surface area contributed by atoms with Gasteiger partial charge >= 0.3 is 14.2 Å². The zero-order chi connectivity index (χ0) is 19.1. The van der Waals surface area contributed by atoms with Gasteiger partial charge < -0.3 is 30.7 Å². The van der Waals surface area contributed by atoms with Crippen LogP contribution in [0.5, 0.6) is 0 Å². The number of carbonyl (C=O) groups is 2. The molecule has 10 heteroatoms. The molecular weight excluding hydrogens is 338 g/mol. The molecule has 0 fully saturated rings. The minimum Gasteiger partial charge on any atom is -0.423 e. The molecule has 0 unspecified atom stereocenters. The molecule has 0 spiro atoms. The van der Waals surface area contributed by atoms with Gasteiger partial charge in [-0.3, -0.25) is 9.59 Å². The van der Waals surface area contributed by atoms with Gasteiger partial charge in [-0.15, -0.1) is 0 Å². The van der Waals surface area contributed by atoms with E-state index in [9.17, 15) is 9.59 Å². The second-order valence-electron chi connectivity index (χ2n) is 5.50. The Labute approximate surface area is 150 Å². The highest BCUT2D eigenvalue weighted by atomic mass is 16.4. The summed E-state index contributed by atoms with van der Waals surface area (Å²) in [4.78, 5) is 23.9. The SMILES string of the molecule is O=C(NCCNC(=O)c1ccc(B(O)O)cc1)c1ccc(B(O)O)cc1. The molecule has 6 N–H and O–H groups in total. The molecule has 2 aromatic rings. The molecule has 134 valence electrons. The van der Waals surface area contributed by atoms with Crippen molar-refractivity contribution in [1.29, 1.82) is 0 Å². The summed E-state index contributed by atoms with van der Waals surface area (Å²) in [5.74, 6) is -0.695. The molecule has 0 aliphatic rings. The number of carbonyl (C=O) groups excluding carboxylic acids is 2. The van der Waals surface area contributed by atoms with E-state index in [4.69, 9.17) is 20.1 Å². The van der Waals surface area contributed by atoms with E-state index in [2.05, 4.69) is 10.6 Å². The monoisotopic (exact) mass is 356 g/mol. The van der Waals surface area contributed by atoms with Crippen LogP contribution in [0.4, 0.5) is 0 Å². The zero-order valence-electron chi connectivity index (χ0n) is 13.8. The summed E-state index contributed by atoms with van der Waals surface area (Å²) in [6.45, 7) is 0.421. The molecule has 26 heavy (non-hydrogen) atoms. The Bertz CT molecular complexity index is 685.